The monoisotopic (exact) mass is 377 g/mol. The summed E-state index contributed by atoms with van der Waals surface area (Å²) in [6, 6.07) is 3.85. The standard InChI is InChI=1S/C18H20FN3O5/c1-10(23)20-12-4-3-7-22(9-12)17-15(18(24)25)16(27-21-17)11-5-6-13(19)14(8-11)26-2/h5-6,8,12H,3-4,7,9H2,1-2H3,(H,20,23)(H,24,25). The largest absolute Gasteiger partial charge is 0.494 e. The molecule has 1 atom stereocenters. The van der Waals surface area contributed by atoms with Gasteiger partial charge in [0, 0.05) is 31.6 Å². The molecule has 1 saturated heterocycles. The number of carboxylic acid groups (broad SMARTS) is 1. The van der Waals surface area contributed by atoms with Crippen LogP contribution in [0.4, 0.5) is 10.2 Å². The number of benzene rings is 1. The van der Waals surface area contributed by atoms with E-state index in [1.165, 1.54) is 32.2 Å². The van der Waals surface area contributed by atoms with Gasteiger partial charge < -0.3 is 24.6 Å². The molecule has 144 valence electrons. The quantitative estimate of drug-likeness (QED) is 0.824. The summed E-state index contributed by atoms with van der Waals surface area (Å²) >= 11 is 0. The number of aromatic carboxylic acids is 1. The lowest BCUT2D eigenvalue weighted by Crippen LogP contribution is -2.47. The number of halogens is 1. The van der Waals surface area contributed by atoms with E-state index in [4.69, 9.17) is 9.26 Å². The van der Waals surface area contributed by atoms with Gasteiger partial charge in [0.2, 0.25) is 5.91 Å². The van der Waals surface area contributed by atoms with Crippen molar-refractivity contribution >= 4 is 17.7 Å². The summed E-state index contributed by atoms with van der Waals surface area (Å²) in [6.45, 7) is 2.46. The molecule has 1 unspecified atom stereocenters. The zero-order valence-corrected chi connectivity index (χ0v) is 15.0. The molecule has 1 aliphatic rings. The van der Waals surface area contributed by atoms with Gasteiger partial charge >= 0.3 is 5.97 Å². The first-order chi connectivity index (χ1) is 12.9. The highest BCUT2D eigenvalue weighted by molar-refractivity contribution is 5.99. The van der Waals surface area contributed by atoms with Gasteiger partial charge in [-0.15, -0.1) is 0 Å². The molecule has 27 heavy (non-hydrogen) atoms. The third-order valence-electron chi connectivity index (χ3n) is 4.43. The van der Waals surface area contributed by atoms with Crippen molar-refractivity contribution in [3.8, 4) is 17.1 Å². The van der Waals surface area contributed by atoms with Crippen LogP contribution < -0.4 is 15.0 Å². The number of amides is 1. The van der Waals surface area contributed by atoms with Crippen LogP contribution >= 0.6 is 0 Å². The van der Waals surface area contributed by atoms with Gasteiger partial charge in [0.15, 0.2) is 28.7 Å². The fourth-order valence-corrected chi connectivity index (χ4v) is 3.26. The molecule has 9 heteroatoms. The van der Waals surface area contributed by atoms with E-state index in [0.717, 1.165) is 12.8 Å². The number of carboxylic acids is 1. The SMILES string of the molecule is COc1cc(-c2onc(N3CCCC(NC(C)=O)C3)c2C(=O)O)ccc1F. The molecule has 2 heterocycles. The second kappa shape index (κ2) is 7.65. The molecule has 1 amide bonds. The van der Waals surface area contributed by atoms with Gasteiger partial charge in [-0.05, 0) is 31.0 Å². The summed E-state index contributed by atoms with van der Waals surface area (Å²) in [7, 11) is 1.32. The Kier molecular flexibility index (Phi) is 5.29. The molecule has 8 nitrogen and oxygen atoms in total. The number of anilines is 1. The second-order valence-electron chi connectivity index (χ2n) is 6.35. The number of rotatable bonds is 5. The van der Waals surface area contributed by atoms with E-state index in [9.17, 15) is 19.1 Å². The number of carbonyl (C=O) groups is 2. The van der Waals surface area contributed by atoms with Crippen LogP contribution in [0.2, 0.25) is 0 Å². The lowest BCUT2D eigenvalue weighted by Gasteiger charge is -2.33. The molecule has 0 spiro atoms. The van der Waals surface area contributed by atoms with E-state index in [0.29, 0.717) is 18.7 Å². The second-order valence-corrected chi connectivity index (χ2v) is 6.35. The molecule has 2 N–H and O–H groups in total. The molecule has 0 saturated carbocycles. The Hall–Kier alpha value is -3.10. The van der Waals surface area contributed by atoms with Gasteiger partial charge in [0.05, 0.1) is 7.11 Å². The molecule has 1 aromatic carbocycles. The van der Waals surface area contributed by atoms with Crippen molar-refractivity contribution in [3.63, 3.8) is 0 Å². The Balaban J connectivity index is 1.96. The molecule has 3 rings (SSSR count). The van der Waals surface area contributed by atoms with Crippen LogP contribution in [0.5, 0.6) is 5.75 Å². The van der Waals surface area contributed by atoms with Gasteiger partial charge in [-0.1, -0.05) is 5.16 Å². The maximum atomic E-state index is 13.7. The van der Waals surface area contributed by atoms with Gasteiger partial charge in [-0.3, -0.25) is 4.79 Å². The Morgan fingerprint density at radius 1 is 1.44 bits per heavy atom. The Labute approximate surface area is 154 Å². The predicted octanol–water partition coefficient (Wildman–Crippen LogP) is 2.29. The van der Waals surface area contributed by atoms with Crippen LogP contribution in [-0.2, 0) is 4.79 Å². The number of aromatic nitrogens is 1. The first kappa shape index (κ1) is 18.7. The Morgan fingerprint density at radius 3 is 2.89 bits per heavy atom. The fraction of sp³-hybridized carbons (Fsp3) is 0.389. The first-order valence-corrected chi connectivity index (χ1v) is 8.49. The van der Waals surface area contributed by atoms with E-state index in [1.807, 2.05) is 0 Å². The summed E-state index contributed by atoms with van der Waals surface area (Å²) < 4.78 is 23.9. The highest BCUT2D eigenvalue weighted by Gasteiger charge is 2.31. The zero-order valence-electron chi connectivity index (χ0n) is 15.0. The molecular weight excluding hydrogens is 357 g/mol. The molecule has 1 aromatic heterocycles. The van der Waals surface area contributed by atoms with Gasteiger partial charge in [-0.2, -0.15) is 0 Å². The molecule has 0 aliphatic carbocycles. The average Bonchev–Trinajstić information content (AvgIpc) is 3.07. The third-order valence-corrected chi connectivity index (χ3v) is 4.43. The van der Waals surface area contributed by atoms with Crippen molar-refractivity contribution in [2.75, 3.05) is 25.1 Å². The Morgan fingerprint density at radius 2 is 2.22 bits per heavy atom. The van der Waals surface area contributed by atoms with Crippen molar-refractivity contribution in [3.05, 3.63) is 29.6 Å². The van der Waals surface area contributed by atoms with Gasteiger partial charge in [0.1, 0.15) is 0 Å². The summed E-state index contributed by atoms with van der Waals surface area (Å²) in [6.07, 6.45) is 1.58. The lowest BCUT2D eigenvalue weighted by molar-refractivity contribution is -0.119. The van der Waals surface area contributed by atoms with E-state index in [1.54, 1.807) is 4.90 Å². The van der Waals surface area contributed by atoms with Crippen molar-refractivity contribution < 1.29 is 28.3 Å². The van der Waals surface area contributed by atoms with E-state index >= 15 is 0 Å². The van der Waals surface area contributed by atoms with Crippen molar-refractivity contribution in [2.24, 2.45) is 0 Å². The van der Waals surface area contributed by atoms with Crippen LogP contribution in [0, 0.1) is 5.82 Å². The summed E-state index contributed by atoms with van der Waals surface area (Å²) in [4.78, 5) is 25.0. The van der Waals surface area contributed by atoms with Crippen LogP contribution in [0.1, 0.15) is 30.1 Å². The van der Waals surface area contributed by atoms with Crippen LogP contribution in [0.3, 0.4) is 0 Å². The van der Waals surface area contributed by atoms with Crippen LogP contribution in [0.25, 0.3) is 11.3 Å². The third kappa shape index (κ3) is 3.86. The topological polar surface area (TPSA) is 105 Å². The van der Waals surface area contributed by atoms with E-state index in [-0.39, 0.29) is 34.8 Å². The van der Waals surface area contributed by atoms with E-state index in [2.05, 4.69) is 10.5 Å². The summed E-state index contributed by atoms with van der Waals surface area (Å²) in [5.41, 5.74) is 0.243. The maximum Gasteiger partial charge on any atom is 0.343 e. The lowest BCUT2D eigenvalue weighted by atomic mass is 10.0. The highest BCUT2D eigenvalue weighted by atomic mass is 19.1. The van der Waals surface area contributed by atoms with Crippen molar-refractivity contribution in [1.82, 2.24) is 10.5 Å². The zero-order chi connectivity index (χ0) is 19.6. The minimum Gasteiger partial charge on any atom is -0.494 e. The van der Waals surface area contributed by atoms with Gasteiger partial charge in [-0.25, -0.2) is 9.18 Å². The minimum absolute atomic E-state index is 0.0227. The first-order valence-electron chi connectivity index (χ1n) is 8.49. The number of piperidine rings is 1. The maximum absolute atomic E-state index is 13.7. The van der Waals surface area contributed by atoms with Crippen LogP contribution in [-0.4, -0.2) is 48.4 Å². The molecule has 0 bridgehead atoms. The van der Waals surface area contributed by atoms with Gasteiger partial charge in [0.25, 0.3) is 0 Å². The summed E-state index contributed by atoms with van der Waals surface area (Å²) in [5, 5.41) is 16.5. The number of ether oxygens (including phenoxy) is 1. The average molecular weight is 377 g/mol. The smallest absolute Gasteiger partial charge is 0.343 e. The molecule has 1 fully saturated rings. The van der Waals surface area contributed by atoms with Crippen molar-refractivity contribution in [1.29, 1.82) is 0 Å². The predicted molar refractivity (Wildman–Crippen MR) is 94.5 cm³/mol. The summed E-state index contributed by atoms with van der Waals surface area (Å²) in [5.74, 6) is -1.71. The van der Waals surface area contributed by atoms with E-state index < -0.39 is 11.8 Å². The normalized spacial score (nSPS) is 16.9. The highest BCUT2D eigenvalue weighted by Crippen LogP contribution is 2.34. The molecule has 2 aromatic rings. The minimum atomic E-state index is -1.20. The molecule has 1 aliphatic heterocycles. The van der Waals surface area contributed by atoms with Crippen molar-refractivity contribution in [2.45, 2.75) is 25.8 Å². The Bertz CT molecular complexity index is 867. The number of hydrogen-bond acceptors (Lipinski definition) is 6. The molecule has 0 radical (unpaired) electrons. The number of nitrogens with one attached hydrogen (secondary N) is 1. The number of hydrogen-bond donors (Lipinski definition) is 2. The fourth-order valence-electron chi connectivity index (χ4n) is 3.26. The number of carbonyl (C=O) groups excluding carboxylic acids is 1. The number of nitrogens with zero attached hydrogens (tertiary/aromatic N) is 2. The molecular formula is C18H20FN3O5. The van der Waals surface area contributed by atoms with Crippen LogP contribution in [0.15, 0.2) is 22.7 Å². The number of methoxy groups -OCH3 is 1.